The molecule has 4 nitrogen and oxygen atoms in total. The molecular formula is C19H37N3O. The first-order valence-corrected chi connectivity index (χ1v) is 9.82. The van der Waals surface area contributed by atoms with Gasteiger partial charge in [-0.2, -0.15) is 5.10 Å². The van der Waals surface area contributed by atoms with E-state index in [1.807, 2.05) is 0 Å². The summed E-state index contributed by atoms with van der Waals surface area (Å²) in [6, 6.07) is 0. The lowest BCUT2D eigenvalue weighted by Gasteiger charge is -2.26. The number of hydrogen-bond donors (Lipinski definition) is 1. The zero-order valence-corrected chi connectivity index (χ0v) is 15.4. The van der Waals surface area contributed by atoms with Crippen molar-refractivity contribution >= 4 is 11.6 Å². The first-order chi connectivity index (χ1) is 11.3. The van der Waals surface area contributed by atoms with Crippen LogP contribution in [0.15, 0.2) is 5.10 Å². The highest BCUT2D eigenvalue weighted by atomic mass is 16.2. The molecule has 134 valence electrons. The van der Waals surface area contributed by atoms with Gasteiger partial charge in [0.1, 0.15) is 0 Å². The standard InChI is InChI=1S/C19H37N3O/c1-3-5-6-7-8-9-10-11-12-19(23)21-20-18-13-16-22(15-4-2)17-14-18/h3-17H2,1-2H3,(H,21,23). The summed E-state index contributed by atoms with van der Waals surface area (Å²) in [4.78, 5) is 14.3. The minimum absolute atomic E-state index is 0.0828. The summed E-state index contributed by atoms with van der Waals surface area (Å²) in [6.07, 6.45) is 13.9. The molecule has 1 aliphatic rings. The van der Waals surface area contributed by atoms with Crippen LogP contribution in [0.3, 0.4) is 0 Å². The number of nitrogens with zero attached hydrogens (tertiary/aromatic N) is 2. The third-order valence-electron chi connectivity index (χ3n) is 4.57. The summed E-state index contributed by atoms with van der Waals surface area (Å²) in [5, 5.41) is 4.32. The van der Waals surface area contributed by atoms with Crippen LogP contribution < -0.4 is 5.43 Å². The second kappa shape index (κ2) is 13.5. The van der Waals surface area contributed by atoms with Gasteiger partial charge in [0.25, 0.3) is 0 Å². The Hall–Kier alpha value is -0.900. The second-order valence-corrected chi connectivity index (χ2v) is 6.78. The Morgan fingerprint density at radius 1 is 0.957 bits per heavy atom. The van der Waals surface area contributed by atoms with Crippen molar-refractivity contribution in [3.63, 3.8) is 0 Å². The van der Waals surface area contributed by atoms with Gasteiger partial charge in [-0.1, -0.05) is 58.8 Å². The van der Waals surface area contributed by atoms with Gasteiger partial charge in [0.2, 0.25) is 5.91 Å². The molecule has 1 fully saturated rings. The SMILES string of the molecule is CCCCCCCCCCC(=O)NN=C1CCN(CCC)CC1. The average Bonchev–Trinajstić information content (AvgIpc) is 2.57. The summed E-state index contributed by atoms with van der Waals surface area (Å²) in [5.74, 6) is 0.0828. The molecule has 0 saturated carbocycles. The Morgan fingerprint density at radius 2 is 1.57 bits per heavy atom. The van der Waals surface area contributed by atoms with Crippen molar-refractivity contribution < 1.29 is 4.79 Å². The van der Waals surface area contributed by atoms with E-state index in [0.29, 0.717) is 6.42 Å². The summed E-state index contributed by atoms with van der Waals surface area (Å²) >= 11 is 0. The highest BCUT2D eigenvalue weighted by molar-refractivity contribution is 5.87. The number of rotatable bonds is 12. The second-order valence-electron chi connectivity index (χ2n) is 6.78. The lowest BCUT2D eigenvalue weighted by Crippen LogP contribution is -2.35. The molecule has 0 aromatic rings. The number of hydrazone groups is 1. The van der Waals surface area contributed by atoms with Crippen LogP contribution in [0.5, 0.6) is 0 Å². The first kappa shape index (κ1) is 20.1. The van der Waals surface area contributed by atoms with Crippen LogP contribution in [0.1, 0.15) is 90.9 Å². The van der Waals surface area contributed by atoms with Crippen LogP contribution >= 0.6 is 0 Å². The van der Waals surface area contributed by atoms with Crippen LogP contribution in [0.25, 0.3) is 0 Å². The fraction of sp³-hybridized carbons (Fsp3) is 0.895. The van der Waals surface area contributed by atoms with Crippen LogP contribution in [0.2, 0.25) is 0 Å². The maximum atomic E-state index is 11.8. The molecule has 0 bridgehead atoms. The van der Waals surface area contributed by atoms with Crippen LogP contribution in [0.4, 0.5) is 0 Å². The number of unbranched alkanes of at least 4 members (excludes halogenated alkanes) is 7. The Balaban J connectivity index is 1.99. The van der Waals surface area contributed by atoms with E-state index < -0.39 is 0 Å². The quantitative estimate of drug-likeness (QED) is 0.425. The van der Waals surface area contributed by atoms with Crippen LogP contribution in [0, 0.1) is 0 Å². The minimum atomic E-state index is 0.0828. The molecule has 0 aliphatic carbocycles. The molecule has 0 atom stereocenters. The molecule has 1 amide bonds. The summed E-state index contributed by atoms with van der Waals surface area (Å²) in [6.45, 7) is 7.81. The Labute approximate surface area is 143 Å². The molecule has 0 spiro atoms. The van der Waals surface area contributed by atoms with Gasteiger partial charge in [-0.05, 0) is 19.4 Å². The zero-order valence-electron chi connectivity index (χ0n) is 15.4. The van der Waals surface area contributed by atoms with Gasteiger partial charge in [-0.15, -0.1) is 0 Å². The van der Waals surface area contributed by atoms with Crippen LogP contribution in [-0.2, 0) is 4.79 Å². The van der Waals surface area contributed by atoms with Crippen molar-refractivity contribution in [2.75, 3.05) is 19.6 Å². The van der Waals surface area contributed by atoms with Crippen molar-refractivity contribution in [2.24, 2.45) is 5.10 Å². The number of carbonyl (C=O) groups is 1. The van der Waals surface area contributed by atoms with Gasteiger partial charge < -0.3 is 4.90 Å². The predicted molar refractivity (Wildman–Crippen MR) is 98.8 cm³/mol. The highest BCUT2D eigenvalue weighted by Crippen LogP contribution is 2.10. The Bertz CT molecular complexity index is 332. The maximum Gasteiger partial charge on any atom is 0.240 e. The van der Waals surface area contributed by atoms with Crippen molar-refractivity contribution in [1.82, 2.24) is 10.3 Å². The summed E-state index contributed by atoms with van der Waals surface area (Å²) < 4.78 is 0. The first-order valence-electron chi connectivity index (χ1n) is 9.82. The lowest BCUT2D eigenvalue weighted by molar-refractivity contribution is -0.121. The molecule has 0 radical (unpaired) electrons. The number of nitrogens with one attached hydrogen (secondary N) is 1. The van der Waals surface area contributed by atoms with Crippen LogP contribution in [-0.4, -0.2) is 36.2 Å². The Kier molecular flexibility index (Phi) is 11.9. The third kappa shape index (κ3) is 10.5. The average molecular weight is 324 g/mol. The van der Waals surface area contributed by atoms with Gasteiger partial charge in [0.05, 0.1) is 0 Å². The fourth-order valence-electron chi connectivity index (χ4n) is 3.08. The highest BCUT2D eigenvalue weighted by Gasteiger charge is 2.14. The van der Waals surface area contributed by atoms with E-state index in [1.54, 1.807) is 0 Å². The van der Waals surface area contributed by atoms with E-state index in [2.05, 4.69) is 29.3 Å². The van der Waals surface area contributed by atoms with Crippen molar-refractivity contribution in [3.8, 4) is 0 Å². The van der Waals surface area contributed by atoms with E-state index >= 15 is 0 Å². The molecule has 23 heavy (non-hydrogen) atoms. The molecular weight excluding hydrogens is 286 g/mol. The Morgan fingerprint density at radius 3 is 2.17 bits per heavy atom. The molecule has 1 heterocycles. The van der Waals surface area contributed by atoms with E-state index in [0.717, 1.165) is 38.1 Å². The number of amides is 1. The van der Waals surface area contributed by atoms with Gasteiger partial charge >= 0.3 is 0 Å². The smallest absolute Gasteiger partial charge is 0.240 e. The van der Waals surface area contributed by atoms with Gasteiger partial charge in [-0.3, -0.25) is 4.79 Å². The molecule has 4 heteroatoms. The van der Waals surface area contributed by atoms with Crippen molar-refractivity contribution in [2.45, 2.75) is 90.9 Å². The number of likely N-dealkylation sites (tertiary alicyclic amines) is 1. The normalized spacial score (nSPS) is 15.7. The van der Waals surface area contributed by atoms with Gasteiger partial charge in [0.15, 0.2) is 0 Å². The monoisotopic (exact) mass is 323 g/mol. The van der Waals surface area contributed by atoms with E-state index in [9.17, 15) is 4.79 Å². The predicted octanol–water partition coefficient (Wildman–Crippen LogP) is 4.50. The molecule has 1 N–H and O–H groups in total. The topological polar surface area (TPSA) is 44.7 Å². The largest absolute Gasteiger partial charge is 0.303 e. The lowest BCUT2D eigenvalue weighted by atomic mass is 10.1. The summed E-state index contributed by atoms with van der Waals surface area (Å²) in [7, 11) is 0. The molecule has 0 aromatic heterocycles. The van der Waals surface area contributed by atoms with E-state index in [-0.39, 0.29) is 5.91 Å². The summed E-state index contributed by atoms with van der Waals surface area (Å²) in [5.41, 5.74) is 3.90. The zero-order chi connectivity index (χ0) is 16.8. The number of carbonyl (C=O) groups excluding carboxylic acids is 1. The maximum absolute atomic E-state index is 11.8. The molecule has 0 aromatic carbocycles. The molecule has 1 aliphatic heterocycles. The van der Waals surface area contributed by atoms with E-state index in [4.69, 9.17) is 0 Å². The number of piperidine rings is 1. The number of hydrogen-bond acceptors (Lipinski definition) is 3. The van der Waals surface area contributed by atoms with Crippen molar-refractivity contribution in [1.29, 1.82) is 0 Å². The van der Waals surface area contributed by atoms with E-state index in [1.165, 1.54) is 57.9 Å². The van der Waals surface area contributed by atoms with Gasteiger partial charge in [-0.25, -0.2) is 5.43 Å². The van der Waals surface area contributed by atoms with Gasteiger partial charge in [0, 0.05) is 38.1 Å². The fourth-order valence-corrected chi connectivity index (χ4v) is 3.08. The minimum Gasteiger partial charge on any atom is -0.303 e. The van der Waals surface area contributed by atoms with Crippen molar-refractivity contribution in [3.05, 3.63) is 0 Å². The molecule has 1 rings (SSSR count). The molecule has 0 unspecified atom stereocenters. The third-order valence-corrected chi connectivity index (χ3v) is 4.57. The molecule has 1 saturated heterocycles.